The van der Waals surface area contributed by atoms with Crippen molar-refractivity contribution >= 4 is 11.8 Å². The molecule has 140 valence electrons. The van der Waals surface area contributed by atoms with Crippen molar-refractivity contribution in [2.45, 2.75) is 45.6 Å². The molecule has 3 heterocycles. The van der Waals surface area contributed by atoms with Gasteiger partial charge in [-0.2, -0.15) is 5.10 Å². The monoisotopic (exact) mass is 364 g/mol. The highest BCUT2D eigenvalue weighted by molar-refractivity contribution is 5.95. The van der Waals surface area contributed by atoms with Gasteiger partial charge in [0.05, 0.1) is 11.8 Å². The lowest BCUT2D eigenvalue weighted by atomic mass is 9.86. The predicted octanol–water partition coefficient (Wildman–Crippen LogP) is 4.04. The molecule has 3 aromatic rings. The molecule has 4 rings (SSSR count). The van der Waals surface area contributed by atoms with Gasteiger partial charge in [-0.25, -0.2) is 0 Å². The number of nitrogens with zero attached hydrogens (tertiary/aromatic N) is 3. The van der Waals surface area contributed by atoms with E-state index in [0.29, 0.717) is 12.3 Å². The van der Waals surface area contributed by atoms with E-state index in [4.69, 9.17) is 4.52 Å². The molecule has 1 unspecified atom stereocenters. The Hall–Kier alpha value is -2.89. The van der Waals surface area contributed by atoms with Crippen LogP contribution >= 0.6 is 0 Å². The Labute approximate surface area is 158 Å². The average molecular weight is 364 g/mol. The molecule has 27 heavy (non-hydrogen) atoms. The maximum absolute atomic E-state index is 12.7. The number of carbonyl (C=O) groups is 1. The van der Waals surface area contributed by atoms with Crippen LogP contribution in [0.2, 0.25) is 0 Å². The first-order valence-corrected chi connectivity index (χ1v) is 9.29. The number of rotatable bonds is 3. The van der Waals surface area contributed by atoms with Crippen LogP contribution in [0.25, 0.3) is 11.1 Å². The number of hydrogen-bond donors (Lipinski definition) is 1. The van der Waals surface area contributed by atoms with E-state index >= 15 is 0 Å². The number of carbonyl (C=O) groups excluding carboxylic acids is 1. The Bertz CT molecular complexity index is 947. The van der Waals surface area contributed by atoms with Crippen molar-refractivity contribution in [2.75, 3.05) is 5.32 Å². The SMILES string of the molecule is CC(C)(C)c1ccc(-c2cnoc2NC(=O)C2CCn3nccc3C2)cc1. The lowest BCUT2D eigenvalue weighted by molar-refractivity contribution is -0.120. The molecule has 1 aromatic carbocycles. The summed E-state index contributed by atoms with van der Waals surface area (Å²) < 4.78 is 7.29. The van der Waals surface area contributed by atoms with E-state index < -0.39 is 0 Å². The summed E-state index contributed by atoms with van der Waals surface area (Å²) in [6.45, 7) is 7.31. The Morgan fingerprint density at radius 2 is 2.00 bits per heavy atom. The molecular weight excluding hydrogens is 340 g/mol. The number of benzene rings is 1. The summed E-state index contributed by atoms with van der Waals surface area (Å²) in [5, 5.41) is 11.1. The predicted molar refractivity (Wildman–Crippen MR) is 103 cm³/mol. The Morgan fingerprint density at radius 3 is 2.74 bits per heavy atom. The third kappa shape index (κ3) is 3.52. The second kappa shape index (κ2) is 6.68. The molecule has 0 radical (unpaired) electrons. The Balaban J connectivity index is 1.50. The van der Waals surface area contributed by atoms with E-state index in [1.165, 1.54) is 5.56 Å². The summed E-state index contributed by atoms with van der Waals surface area (Å²) in [6, 6.07) is 10.3. The number of amides is 1. The van der Waals surface area contributed by atoms with E-state index in [0.717, 1.165) is 29.8 Å². The van der Waals surface area contributed by atoms with Crippen LogP contribution in [0.1, 0.15) is 38.4 Å². The number of anilines is 1. The Kier molecular flexibility index (Phi) is 4.34. The highest BCUT2D eigenvalue weighted by Crippen LogP contribution is 2.31. The second-order valence-corrected chi connectivity index (χ2v) is 8.12. The third-order valence-electron chi connectivity index (χ3n) is 5.19. The van der Waals surface area contributed by atoms with E-state index in [1.807, 2.05) is 22.9 Å². The number of aromatic nitrogens is 3. The lowest BCUT2D eigenvalue weighted by Gasteiger charge is -2.22. The van der Waals surface area contributed by atoms with Crippen molar-refractivity contribution < 1.29 is 9.32 Å². The van der Waals surface area contributed by atoms with Crippen LogP contribution in [-0.4, -0.2) is 20.8 Å². The van der Waals surface area contributed by atoms with Gasteiger partial charge in [-0.3, -0.25) is 14.8 Å². The molecule has 0 aliphatic carbocycles. The van der Waals surface area contributed by atoms with Gasteiger partial charge in [-0.1, -0.05) is 50.2 Å². The van der Waals surface area contributed by atoms with Gasteiger partial charge in [0, 0.05) is 30.8 Å². The molecule has 0 spiro atoms. The fourth-order valence-corrected chi connectivity index (χ4v) is 3.49. The van der Waals surface area contributed by atoms with Crippen LogP contribution in [-0.2, 0) is 23.2 Å². The van der Waals surface area contributed by atoms with Crippen LogP contribution in [0, 0.1) is 5.92 Å². The lowest BCUT2D eigenvalue weighted by Crippen LogP contribution is -2.30. The molecule has 1 aliphatic heterocycles. The summed E-state index contributed by atoms with van der Waals surface area (Å²) in [5.74, 6) is 0.282. The van der Waals surface area contributed by atoms with E-state index in [2.05, 4.69) is 48.5 Å². The summed E-state index contributed by atoms with van der Waals surface area (Å²) in [5.41, 5.74) is 4.22. The molecule has 0 saturated carbocycles. The number of nitrogens with one attached hydrogen (secondary N) is 1. The first-order valence-electron chi connectivity index (χ1n) is 9.29. The normalized spacial score (nSPS) is 16.8. The molecular formula is C21H24N4O2. The minimum atomic E-state index is -0.0876. The van der Waals surface area contributed by atoms with Gasteiger partial charge in [0.1, 0.15) is 0 Å². The fraction of sp³-hybridized carbons (Fsp3) is 0.381. The molecule has 1 atom stereocenters. The summed E-state index contributed by atoms with van der Waals surface area (Å²) >= 11 is 0. The molecule has 1 amide bonds. The molecule has 0 fully saturated rings. The minimum Gasteiger partial charge on any atom is -0.338 e. The van der Waals surface area contributed by atoms with Crippen LogP contribution < -0.4 is 5.32 Å². The van der Waals surface area contributed by atoms with Gasteiger partial charge >= 0.3 is 0 Å². The number of fused-ring (bicyclic) bond motifs is 1. The highest BCUT2D eigenvalue weighted by Gasteiger charge is 2.26. The van der Waals surface area contributed by atoms with Crippen LogP contribution in [0.3, 0.4) is 0 Å². The van der Waals surface area contributed by atoms with E-state index in [1.54, 1.807) is 12.4 Å². The topological polar surface area (TPSA) is 73.0 Å². The van der Waals surface area contributed by atoms with Crippen LogP contribution in [0.15, 0.2) is 47.2 Å². The van der Waals surface area contributed by atoms with Crippen molar-refractivity contribution in [3.63, 3.8) is 0 Å². The minimum absolute atomic E-state index is 0.0354. The average Bonchev–Trinajstić information content (AvgIpc) is 3.29. The standard InChI is InChI=1S/C21H24N4O2/c1-21(2,3)16-6-4-14(5-7-16)18-13-23-27-20(18)24-19(26)15-9-11-25-17(12-15)8-10-22-25/h4-8,10,13,15H,9,11-12H2,1-3H3,(H,24,26). The van der Waals surface area contributed by atoms with Gasteiger partial charge in [-0.05, 0) is 29.0 Å². The zero-order chi connectivity index (χ0) is 19.0. The van der Waals surface area contributed by atoms with Crippen molar-refractivity contribution in [1.82, 2.24) is 14.9 Å². The number of hydrogen-bond acceptors (Lipinski definition) is 4. The smallest absolute Gasteiger partial charge is 0.239 e. The van der Waals surface area contributed by atoms with Crippen molar-refractivity contribution in [3.8, 4) is 11.1 Å². The summed E-state index contributed by atoms with van der Waals surface area (Å²) in [6.07, 6.45) is 4.89. The van der Waals surface area contributed by atoms with Gasteiger partial charge in [-0.15, -0.1) is 0 Å². The first-order chi connectivity index (χ1) is 12.9. The van der Waals surface area contributed by atoms with E-state index in [9.17, 15) is 4.79 Å². The maximum atomic E-state index is 12.7. The van der Waals surface area contributed by atoms with Gasteiger partial charge in [0.25, 0.3) is 0 Å². The summed E-state index contributed by atoms with van der Waals surface area (Å²) in [7, 11) is 0. The fourth-order valence-electron chi connectivity index (χ4n) is 3.49. The largest absolute Gasteiger partial charge is 0.338 e. The van der Waals surface area contributed by atoms with Crippen molar-refractivity contribution in [2.24, 2.45) is 5.92 Å². The highest BCUT2D eigenvalue weighted by atomic mass is 16.5. The second-order valence-electron chi connectivity index (χ2n) is 8.12. The first kappa shape index (κ1) is 17.5. The van der Waals surface area contributed by atoms with Crippen LogP contribution in [0.4, 0.5) is 5.88 Å². The molecule has 0 bridgehead atoms. The molecule has 0 saturated heterocycles. The van der Waals surface area contributed by atoms with Crippen LogP contribution in [0.5, 0.6) is 0 Å². The molecule has 1 aliphatic rings. The maximum Gasteiger partial charge on any atom is 0.239 e. The zero-order valence-corrected chi connectivity index (χ0v) is 15.9. The van der Waals surface area contributed by atoms with Gasteiger partial charge in [0.2, 0.25) is 11.8 Å². The van der Waals surface area contributed by atoms with Gasteiger partial charge in [0.15, 0.2) is 0 Å². The quantitative estimate of drug-likeness (QED) is 0.761. The van der Waals surface area contributed by atoms with Crippen molar-refractivity contribution in [3.05, 3.63) is 54.0 Å². The number of aryl methyl sites for hydroxylation is 1. The summed E-state index contributed by atoms with van der Waals surface area (Å²) in [4.78, 5) is 12.7. The Morgan fingerprint density at radius 1 is 1.22 bits per heavy atom. The van der Waals surface area contributed by atoms with Crippen molar-refractivity contribution in [1.29, 1.82) is 0 Å². The molecule has 6 heteroatoms. The molecule has 6 nitrogen and oxygen atoms in total. The molecule has 2 aromatic heterocycles. The molecule has 1 N–H and O–H groups in total. The van der Waals surface area contributed by atoms with E-state index in [-0.39, 0.29) is 17.2 Å². The van der Waals surface area contributed by atoms with Gasteiger partial charge < -0.3 is 4.52 Å². The third-order valence-corrected chi connectivity index (χ3v) is 5.19. The zero-order valence-electron chi connectivity index (χ0n) is 15.9.